The van der Waals surface area contributed by atoms with Gasteiger partial charge in [-0.1, -0.05) is 113 Å². The van der Waals surface area contributed by atoms with Crippen LogP contribution in [0.2, 0.25) is 0 Å². The van der Waals surface area contributed by atoms with E-state index in [4.69, 9.17) is 0 Å². The molecular formula is C35H42N2O4. The Kier molecular flexibility index (Phi) is 9.46. The van der Waals surface area contributed by atoms with Crippen molar-refractivity contribution >= 4 is 33.4 Å². The lowest BCUT2D eigenvalue weighted by Gasteiger charge is -2.37. The molecule has 0 bridgehead atoms. The van der Waals surface area contributed by atoms with Crippen molar-refractivity contribution in [1.82, 2.24) is 10.6 Å². The van der Waals surface area contributed by atoms with Crippen molar-refractivity contribution in [2.45, 2.75) is 83.1 Å². The van der Waals surface area contributed by atoms with Crippen LogP contribution in [0.4, 0.5) is 0 Å². The lowest BCUT2D eigenvalue weighted by molar-refractivity contribution is -0.133. The molecule has 0 aromatic heterocycles. The van der Waals surface area contributed by atoms with Gasteiger partial charge in [-0.25, -0.2) is 0 Å². The Morgan fingerprint density at radius 2 is 0.927 bits per heavy atom. The van der Waals surface area contributed by atoms with Gasteiger partial charge in [0.1, 0.15) is 6.42 Å². The average molecular weight is 555 g/mol. The zero-order chi connectivity index (χ0) is 29.6. The van der Waals surface area contributed by atoms with Crippen LogP contribution in [0.5, 0.6) is 0 Å². The number of hydrogen-bond donors (Lipinski definition) is 4. The van der Waals surface area contributed by atoms with Crippen molar-refractivity contribution in [3.8, 4) is 0 Å². The van der Waals surface area contributed by atoms with Gasteiger partial charge in [-0.3, -0.25) is 9.59 Å². The predicted octanol–water partition coefficient (Wildman–Crippen LogP) is 6.50. The maximum Gasteiger partial charge on any atom is 0.230 e. The van der Waals surface area contributed by atoms with E-state index >= 15 is 0 Å². The maximum absolute atomic E-state index is 13.4. The first-order chi connectivity index (χ1) is 19.7. The minimum absolute atomic E-state index is 0.424. The number of rotatable bonds is 12. The number of carbonyl (C=O) groups is 2. The van der Waals surface area contributed by atoms with Gasteiger partial charge >= 0.3 is 0 Å². The highest BCUT2D eigenvalue weighted by Crippen LogP contribution is 2.37. The van der Waals surface area contributed by atoms with Crippen LogP contribution >= 0.6 is 0 Å². The molecular weight excluding hydrogens is 512 g/mol. The van der Waals surface area contributed by atoms with Crippen molar-refractivity contribution in [2.75, 3.05) is 0 Å². The van der Waals surface area contributed by atoms with Gasteiger partial charge in [0, 0.05) is 0 Å². The third-order valence-corrected chi connectivity index (χ3v) is 8.72. The molecule has 41 heavy (non-hydrogen) atoms. The quantitative estimate of drug-likeness (QED) is 0.150. The Balaban J connectivity index is 1.62. The minimum atomic E-state index is -1.20. The van der Waals surface area contributed by atoms with E-state index in [9.17, 15) is 19.8 Å². The molecule has 0 radical (unpaired) electrons. The number of hydrogen-bond acceptors (Lipinski definition) is 4. The number of carbonyl (C=O) groups excluding carboxylic acids is 2. The summed E-state index contributed by atoms with van der Waals surface area (Å²) in [4.78, 5) is 26.9. The van der Waals surface area contributed by atoms with Crippen LogP contribution in [0, 0.1) is 0 Å². The third kappa shape index (κ3) is 6.29. The molecule has 4 aromatic carbocycles. The van der Waals surface area contributed by atoms with Crippen LogP contribution in [0.25, 0.3) is 21.5 Å². The molecule has 0 aliphatic rings. The monoisotopic (exact) mass is 554 g/mol. The normalized spacial score (nSPS) is 13.6. The number of aliphatic hydroxyl groups is 2. The molecule has 0 saturated carbocycles. The van der Waals surface area contributed by atoms with E-state index in [-0.39, 0.29) is 0 Å². The van der Waals surface area contributed by atoms with E-state index < -0.39 is 41.5 Å². The van der Waals surface area contributed by atoms with E-state index in [2.05, 4.69) is 10.6 Å². The van der Waals surface area contributed by atoms with Crippen LogP contribution in [0.1, 0.15) is 83.0 Å². The summed E-state index contributed by atoms with van der Waals surface area (Å²) in [6.45, 7) is 7.58. The smallest absolute Gasteiger partial charge is 0.230 e. The molecule has 0 saturated heterocycles. The van der Waals surface area contributed by atoms with Gasteiger partial charge in [0.05, 0.1) is 23.3 Å². The molecule has 4 N–H and O–H groups in total. The number of nitrogens with one attached hydrogen (secondary N) is 2. The first-order valence-electron chi connectivity index (χ1n) is 14.7. The summed E-state index contributed by atoms with van der Waals surface area (Å²) < 4.78 is 0. The van der Waals surface area contributed by atoms with Gasteiger partial charge in [-0.05, 0) is 58.4 Å². The van der Waals surface area contributed by atoms with E-state index in [0.29, 0.717) is 25.7 Å². The van der Waals surface area contributed by atoms with Crippen LogP contribution in [-0.4, -0.2) is 33.2 Å². The number of amides is 2. The predicted molar refractivity (Wildman–Crippen MR) is 165 cm³/mol. The minimum Gasteiger partial charge on any atom is -0.387 e. The summed E-state index contributed by atoms with van der Waals surface area (Å²) in [6.07, 6.45) is 1.26. The molecule has 2 amide bonds. The molecule has 216 valence electrons. The first kappa shape index (κ1) is 30.2. The summed E-state index contributed by atoms with van der Waals surface area (Å²) in [5.74, 6) is -0.983. The second kappa shape index (κ2) is 12.8. The van der Waals surface area contributed by atoms with Gasteiger partial charge in [-0.2, -0.15) is 0 Å². The summed E-state index contributed by atoms with van der Waals surface area (Å²) in [5, 5.41) is 33.1. The Labute approximate surface area is 242 Å². The van der Waals surface area contributed by atoms with Gasteiger partial charge < -0.3 is 20.8 Å². The summed E-state index contributed by atoms with van der Waals surface area (Å²) in [7, 11) is 0. The highest BCUT2D eigenvalue weighted by atomic mass is 16.3. The lowest BCUT2D eigenvalue weighted by atomic mass is 9.82. The van der Waals surface area contributed by atoms with Gasteiger partial charge in [0.25, 0.3) is 0 Å². The fourth-order valence-electron chi connectivity index (χ4n) is 5.89. The van der Waals surface area contributed by atoms with Crippen LogP contribution < -0.4 is 10.6 Å². The van der Waals surface area contributed by atoms with E-state index in [1.165, 1.54) is 0 Å². The SMILES string of the molecule is CCC(O)(CC)C(NC(=O)CC(=O)NC(c1cccc2ccccc12)C(O)(CC)CC)c1cccc2ccccc12. The molecule has 4 aromatic rings. The third-order valence-electron chi connectivity index (χ3n) is 8.72. The van der Waals surface area contributed by atoms with Crippen LogP contribution in [0.15, 0.2) is 84.9 Å². The van der Waals surface area contributed by atoms with Crippen molar-refractivity contribution in [3.63, 3.8) is 0 Å². The highest BCUT2D eigenvalue weighted by Gasteiger charge is 2.39. The molecule has 0 fully saturated rings. The van der Waals surface area contributed by atoms with Crippen molar-refractivity contribution < 1.29 is 19.8 Å². The Hall–Kier alpha value is -3.74. The van der Waals surface area contributed by atoms with E-state index in [1.807, 2.05) is 113 Å². The van der Waals surface area contributed by atoms with Crippen molar-refractivity contribution in [2.24, 2.45) is 0 Å². The topological polar surface area (TPSA) is 98.7 Å². The standard InChI is InChI=1S/C35H42N2O4/c1-5-34(40,6-2)32(28-21-13-17-24-15-9-11-19-26(24)28)36-30(38)23-31(39)37-33(35(41,7-3)8-4)29-22-14-18-25-16-10-12-20-27(25)29/h9-22,32-33,40-41H,5-8,23H2,1-4H3,(H,36,38)(H,37,39). The molecule has 0 heterocycles. The Bertz CT molecular complexity index is 1380. The van der Waals surface area contributed by atoms with Crippen molar-refractivity contribution in [1.29, 1.82) is 0 Å². The lowest BCUT2D eigenvalue weighted by Crippen LogP contribution is -2.48. The van der Waals surface area contributed by atoms with Crippen LogP contribution in [0.3, 0.4) is 0 Å². The molecule has 4 rings (SSSR count). The molecule has 0 aliphatic carbocycles. The average Bonchev–Trinajstić information content (AvgIpc) is 3.01. The van der Waals surface area contributed by atoms with Gasteiger partial charge in [0.15, 0.2) is 0 Å². The maximum atomic E-state index is 13.4. The second-order valence-corrected chi connectivity index (χ2v) is 10.9. The fraction of sp³-hybridized carbons (Fsp3) is 0.371. The zero-order valence-corrected chi connectivity index (χ0v) is 24.5. The first-order valence-corrected chi connectivity index (χ1v) is 14.7. The number of benzene rings is 4. The Morgan fingerprint density at radius 3 is 1.29 bits per heavy atom. The Morgan fingerprint density at radius 1 is 0.585 bits per heavy atom. The van der Waals surface area contributed by atoms with Gasteiger partial charge in [-0.15, -0.1) is 0 Å². The summed E-state index contributed by atoms with van der Waals surface area (Å²) >= 11 is 0. The molecule has 2 unspecified atom stereocenters. The van der Waals surface area contributed by atoms with Gasteiger partial charge in [0.2, 0.25) is 11.8 Å². The van der Waals surface area contributed by atoms with E-state index in [1.54, 1.807) is 0 Å². The number of fused-ring (bicyclic) bond motifs is 2. The second-order valence-electron chi connectivity index (χ2n) is 10.9. The summed E-state index contributed by atoms with van der Waals surface area (Å²) in [6, 6.07) is 26.0. The summed E-state index contributed by atoms with van der Waals surface area (Å²) in [5.41, 5.74) is -0.787. The molecule has 6 nitrogen and oxygen atoms in total. The zero-order valence-electron chi connectivity index (χ0n) is 24.5. The highest BCUT2D eigenvalue weighted by molar-refractivity contribution is 5.98. The molecule has 2 atom stereocenters. The van der Waals surface area contributed by atoms with Crippen molar-refractivity contribution in [3.05, 3.63) is 96.1 Å². The molecule has 0 spiro atoms. The van der Waals surface area contributed by atoms with E-state index in [0.717, 1.165) is 32.7 Å². The molecule has 6 heteroatoms. The fourth-order valence-corrected chi connectivity index (χ4v) is 5.89. The van der Waals surface area contributed by atoms with Crippen LogP contribution in [-0.2, 0) is 9.59 Å². The molecule has 0 aliphatic heterocycles. The largest absolute Gasteiger partial charge is 0.387 e.